The van der Waals surface area contributed by atoms with Gasteiger partial charge in [0.05, 0.1) is 12.1 Å². The van der Waals surface area contributed by atoms with Crippen molar-refractivity contribution in [3.8, 4) is 0 Å². The van der Waals surface area contributed by atoms with E-state index >= 15 is 0 Å². The standard InChI is InChI=1S/C14H13BrFNOS/c1-2-17(9-11-4-3-7-19-11)14(18)12-8-10(15)5-6-13(12)16/h3-8H,2,9H2,1H3. The van der Waals surface area contributed by atoms with Crippen molar-refractivity contribution < 1.29 is 9.18 Å². The molecule has 0 aliphatic rings. The molecule has 0 unspecified atom stereocenters. The van der Waals surface area contributed by atoms with Crippen LogP contribution in [-0.4, -0.2) is 17.4 Å². The summed E-state index contributed by atoms with van der Waals surface area (Å²) in [6.07, 6.45) is 0. The molecule has 0 spiro atoms. The lowest BCUT2D eigenvalue weighted by molar-refractivity contribution is 0.0749. The SMILES string of the molecule is CCN(Cc1cccs1)C(=O)c1cc(Br)ccc1F. The van der Waals surface area contributed by atoms with E-state index in [0.29, 0.717) is 17.6 Å². The number of hydrogen-bond donors (Lipinski definition) is 0. The van der Waals surface area contributed by atoms with E-state index in [1.54, 1.807) is 22.3 Å². The average molecular weight is 342 g/mol. The van der Waals surface area contributed by atoms with Gasteiger partial charge in [-0.2, -0.15) is 0 Å². The number of thiophene rings is 1. The van der Waals surface area contributed by atoms with Gasteiger partial charge in [0.15, 0.2) is 0 Å². The molecule has 1 aromatic heterocycles. The number of rotatable bonds is 4. The van der Waals surface area contributed by atoms with Crippen LogP contribution in [0, 0.1) is 5.82 Å². The molecular formula is C14H13BrFNOS. The minimum Gasteiger partial charge on any atom is -0.334 e. The zero-order chi connectivity index (χ0) is 13.8. The van der Waals surface area contributed by atoms with E-state index in [0.717, 1.165) is 4.88 Å². The Morgan fingerprint density at radius 1 is 1.42 bits per heavy atom. The molecule has 1 aromatic carbocycles. The Hall–Kier alpha value is -1.20. The lowest BCUT2D eigenvalue weighted by Gasteiger charge is -2.20. The molecule has 2 aromatic rings. The molecule has 0 N–H and O–H groups in total. The van der Waals surface area contributed by atoms with Crippen LogP contribution in [0.5, 0.6) is 0 Å². The molecular weight excluding hydrogens is 329 g/mol. The quantitative estimate of drug-likeness (QED) is 0.811. The van der Waals surface area contributed by atoms with Crippen molar-refractivity contribution in [1.82, 2.24) is 4.90 Å². The van der Waals surface area contributed by atoms with Gasteiger partial charge in [0, 0.05) is 15.9 Å². The Kier molecular flexibility index (Phi) is 4.71. The van der Waals surface area contributed by atoms with Crippen molar-refractivity contribution in [2.75, 3.05) is 6.54 Å². The Labute approximate surface area is 124 Å². The van der Waals surface area contributed by atoms with Crippen LogP contribution < -0.4 is 0 Å². The van der Waals surface area contributed by atoms with Gasteiger partial charge in [-0.15, -0.1) is 11.3 Å². The third kappa shape index (κ3) is 3.42. The highest BCUT2D eigenvalue weighted by atomic mass is 79.9. The van der Waals surface area contributed by atoms with Gasteiger partial charge in [-0.3, -0.25) is 4.79 Å². The Bertz CT molecular complexity index is 571. The van der Waals surface area contributed by atoms with Crippen molar-refractivity contribution in [1.29, 1.82) is 0 Å². The molecule has 0 saturated carbocycles. The molecule has 1 heterocycles. The first kappa shape index (κ1) is 14.2. The highest BCUT2D eigenvalue weighted by Gasteiger charge is 2.18. The number of amides is 1. The number of halogens is 2. The van der Waals surface area contributed by atoms with E-state index in [-0.39, 0.29) is 11.5 Å². The fourth-order valence-electron chi connectivity index (χ4n) is 1.75. The van der Waals surface area contributed by atoms with E-state index in [2.05, 4.69) is 15.9 Å². The minimum atomic E-state index is -0.488. The van der Waals surface area contributed by atoms with Crippen molar-refractivity contribution in [3.63, 3.8) is 0 Å². The lowest BCUT2D eigenvalue weighted by Crippen LogP contribution is -2.30. The first-order valence-corrected chi connectivity index (χ1v) is 7.55. The van der Waals surface area contributed by atoms with Crippen molar-refractivity contribution in [3.05, 3.63) is 56.4 Å². The van der Waals surface area contributed by atoms with Gasteiger partial charge in [-0.1, -0.05) is 22.0 Å². The predicted octanol–water partition coefficient (Wildman–Crippen LogP) is 4.31. The molecule has 0 aliphatic heterocycles. The van der Waals surface area contributed by atoms with Crippen LogP contribution in [0.2, 0.25) is 0 Å². The molecule has 0 atom stereocenters. The number of hydrogen-bond acceptors (Lipinski definition) is 2. The van der Waals surface area contributed by atoms with Gasteiger partial charge in [0.1, 0.15) is 5.82 Å². The Morgan fingerprint density at radius 3 is 2.84 bits per heavy atom. The minimum absolute atomic E-state index is 0.104. The van der Waals surface area contributed by atoms with E-state index < -0.39 is 5.82 Å². The molecule has 0 bridgehead atoms. The molecule has 2 nitrogen and oxygen atoms in total. The molecule has 1 amide bonds. The second-order valence-corrected chi connectivity index (χ2v) is 5.97. The normalized spacial score (nSPS) is 10.5. The van der Waals surface area contributed by atoms with Crippen LogP contribution in [0.4, 0.5) is 4.39 Å². The predicted molar refractivity (Wildman–Crippen MR) is 78.8 cm³/mol. The summed E-state index contributed by atoms with van der Waals surface area (Å²) < 4.78 is 14.4. The van der Waals surface area contributed by atoms with Crippen molar-refractivity contribution in [2.24, 2.45) is 0 Å². The molecule has 0 fully saturated rings. The fraction of sp³-hybridized carbons (Fsp3) is 0.214. The van der Waals surface area contributed by atoms with Gasteiger partial charge < -0.3 is 4.90 Å². The number of carbonyl (C=O) groups excluding carboxylic acids is 1. The van der Waals surface area contributed by atoms with Crippen LogP contribution in [0.15, 0.2) is 40.2 Å². The molecule has 19 heavy (non-hydrogen) atoms. The highest BCUT2D eigenvalue weighted by molar-refractivity contribution is 9.10. The zero-order valence-corrected chi connectivity index (χ0v) is 12.8. The molecule has 2 rings (SSSR count). The lowest BCUT2D eigenvalue weighted by atomic mass is 10.2. The third-order valence-corrected chi connectivity index (χ3v) is 4.11. The van der Waals surface area contributed by atoms with Crippen LogP contribution in [0.1, 0.15) is 22.2 Å². The monoisotopic (exact) mass is 341 g/mol. The van der Waals surface area contributed by atoms with E-state index in [4.69, 9.17) is 0 Å². The number of benzene rings is 1. The van der Waals surface area contributed by atoms with E-state index in [9.17, 15) is 9.18 Å². The first-order valence-electron chi connectivity index (χ1n) is 5.88. The Morgan fingerprint density at radius 2 is 2.21 bits per heavy atom. The average Bonchev–Trinajstić information content (AvgIpc) is 2.91. The third-order valence-electron chi connectivity index (χ3n) is 2.75. The van der Waals surface area contributed by atoms with Crippen molar-refractivity contribution >= 4 is 33.2 Å². The smallest absolute Gasteiger partial charge is 0.257 e. The summed E-state index contributed by atoms with van der Waals surface area (Å²) in [5, 5.41) is 1.97. The molecule has 0 radical (unpaired) electrons. The fourth-order valence-corrected chi connectivity index (χ4v) is 2.83. The summed E-state index contributed by atoms with van der Waals surface area (Å²) in [4.78, 5) is 15.1. The first-order chi connectivity index (χ1) is 9.11. The van der Waals surface area contributed by atoms with E-state index in [1.165, 1.54) is 12.1 Å². The number of nitrogens with zero attached hydrogens (tertiary/aromatic N) is 1. The second-order valence-electron chi connectivity index (χ2n) is 4.02. The van der Waals surface area contributed by atoms with Crippen LogP contribution in [0.25, 0.3) is 0 Å². The van der Waals surface area contributed by atoms with Gasteiger partial charge in [0.25, 0.3) is 5.91 Å². The molecule has 5 heteroatoms. The molecule has 0 saturated heterocycles. The number of carbonyl (C=O) groups is 1. The maximum atomic E-state index is 13.7. The summed E-state index contributed by atoms with van der Waals surface area (Å²) in [5.74, 6) is -0.771. The molecule has 0 aliphatic carbocycles. The van der Waals surface area contributed by atoms with Crippen LogP contribution >= 0.6 is 27.3 Å². The molecule has 100 valence electrons. The second kappa shape index (κ2) is 6.30. The van der Waals surface area contributed by atoms with Gasteiger partial charge in [0.2, 0.25) is 0 Å². The van der Waals surface area contributed by atoms with Gasteiger partial charge in [-0.05, 0) is 36.6 Å². The largest absolute Gasteiger partial charge is 0.334 e. The zero-order valence-electron chi connectivity index (χ0n) is 10.4. The maximum Gasteiger partial charge on any atom is 0.257 e. The van der Waals surface area contributed by atoms with Gasteiger partial charge in [-0.25, -0.2) is 4.39 Å². The maximum absolute atomic E-state index is 13.7. The highest BCUT2D eigenvalue weighted by Crippen LogP contribution is 2.19. The Balaban J connectivity index is 2.23. The summed E-state index contributed by atoms with van der Waals surface area (Å²) in [5.41, 5.74) is 0.104. The summed E-state index contributed by atoms with van der Waals surface area (Å²) in [7, 11) is 0. The summed E-state index contributed by atoms with van der Waals surface area (Å²) in [6, 6.07) is 8.32. The summed E-state index contributed by atoms with van der Waals surface area (Å²) in [6.45, 7) is 2.95. The van der Waals surface area contributed by atoms with Crippen molar-refractivity contribution in [2.45, 2.75) is 13.5 Å². The summed E-state index contributed by atoms with van der Waals surface area (Å²) >= 11 is 4.85. The van der Waals surface area contributed by atoms with Gasteiger partial charge >= 0.3 is 0 Å². The van der Waals surface area contributed by atoms with Crippen LogP contribution in [-0.2, 0) is 6.54 Å². The van der Waals surface area contributed by atoms with E-state index in [1.807, 2.05) is 24.4 Å². The topological polar surface area (TPSA) is 20.3 Å². The van der Waals surface area contributed by atoms with Crippen LogP contribution in [0.3, 0.4) is 0 Å².